The number of nitrogens with one attached hydrogen (secondary N) is 1. The predicted molar refractivity (Wildman–Crippen MR) is 105 cm³/mol. The Hall–Kier alpha value is -2.90. The first kappa shape index (κ1) is 18.5. The molecule has 1 aliphatic heterocycles. The van der Waals surface area contributed by atoms with Crippen LogP contribution in [0.2, 0.25) is 0 Å². The topological polar surface area (TPSA) is 89.5 Å². The molecule has 2 aromatic heterocycles. The summed E-state index contributed by atoms with van der Waals surface area (Å²) in [6.07, 6.45) is 4.50. The minimum atomic E-state index is -0.271. The van der Waals surface area contributed by atoms with Crippen molar-refractivity contribution in [2.24, 2.45) is 0 Å². The average Bonchev–Trinajstić information content (AvgIpc) is 3.27. The van der Waals surface area contributed by atoms with Crippen LogP contribution in [-0.2, 0) is 17.6 Å². The molecular weight excluding hydrogens is 358 g/mol. The number of carbonyl (C=O) groups is 1. The Balaban J connectivity index is 1.65. The fourth-order valence-electron chi connectivity index (χ4n) is 3.52. The van der Waals surface area contributed by atoms with Crippen LogP contribution in [0.5, 0.6) is 11.5 Å². The van der Waals surface area contributed by atoms with E-state index in [4.69, 9.17) is 19.4 Å². The van der Waals surface area contributed by atoms with Crippen LogP contribution in [-0.4, -0.2) is 46.8 Å². The van der Waals surface area contributed by atoms with E-state index in [0.717, 1.165) is 36.3 Å². The normalized spacial score (nSPS) is 14.7. The average molecular weight is 383 g/mol. The van der Waals surface area contributed by atoms with Crippen LogP contribution in [0.3, 0.4) is 0 Å². The Labute approximate surface area is 164 Å². The van der Waals surface area contributed by atoms with Crippen molar-refractivity contribution in [3.8, 4) is 23.0 Å². The fraction of sp³-hybridized carbons (Fsp3) is 0.500. The van der Waals surface area contributed by atoms with Crippen molar-refractivity contribution in [3.63, 3.8) is 0 Å². The molecule has 0 fully saturated rings. The molecule has 1 aliphatic carbocycles. The number of hydrogen-bond acceptors (Lipinski definition) is 7. The highest BCUT2D eigenvalue weighted by Crippen LogP contribution is 2.35. The molecule has 0 spiro atoms. The zero-order valence-corrected chi connectivity index (χ0v) is 16.7. The number of aryl methyl sites for hydroxylation is 1. The second-order valence-corrected chi connectivity index (χ2v) is 8.23. The Morgan fingerprint density at radius 1 is 1.21 bits per heavy atom. The van der Waals surface area contributed by atoms with Gasteiger partial charge in [0.2, 0.25) is 12.7 Å². The monoisotopic (exact) mass is 383 g/mol. The summed E-state index contributed by atoms with van der Waals surface area (Å²) < 4.78 is 10.8. The summed E-state index contributed by atoms with van der Waals surface area (Å²) in [5.74, 6) is 2.57. The number of aromatic nitrogens is 3. The molecule has 1 amide bonds. The zero-order chi connectivity index (χ0) is 19.9. The summed E-state index contributed by atoms with van der Waals surface area (Å²) in [6, 6.07) is 1.80. The minimum Gasteiger partial charge on any atom is -0.453 e. The van der Waals surface area contributed by atoms with Crippen molar-refractivity contribution in [3.05, 3.63) is 23.5 Å². The fourth-order valence-corrected chi connectivity index (χ4v) is 3.52. The summed E-state index contributed by atoms with van der Waals surface area (Å²) in [5, 5.41) is 3.00. The first-order valence-corrected chi connectivity index (χ1v) is 9.48. The van der Waals surface area contributed by atoms with E-state index in [-0.39, 0.29) is 24.8 Å². The first-order chi connectivity index (χ1) is 13.3. The van der Waals surface area contributed by atoms with Crippen molar-refractivity contribution >= 4 is 11.7 Å². The zero-order valence-electron chi connectivity index (χ0n) is 16.7. The molecule has 8 heteroatoms. The summed E-state index contributed by atoms with van der Waals surface area (Å²) in [6.45, 7) is 6.33. The number of rotatable bonds is 4. The number of amides is 1. The summed E-state index contributed by atoms with van der Waals surface area (Å²) in [4.78, 5) is 28.2. The number of ether oxygens (including phenoxy) is 2. The Morgan fingerprint density at radius 3 is 2.79 bits per heavy atom. The molecule has 2 aromatic rings. The van der Waals surface area contributed by atoms with Crippen LogP contribution in [0, 0.1) is 0 Å². The first-order valence-electron chi connectivity index (χ1n) is 9.48. The number of carbonyl (C=O) groups excluding carboxylic acids is 1. The van der Waals surface area contributed by atoms with E-state index in [1.807, 2.05) is 32.7 Å². The van der Waals surface area contributed by atoms with Gasteiger partial charge in [0.15, 0.2) is 17.3 Å². The maximum absolute atomic E-state index is 12.4. The van der Waals surface area contributed by atoms with E-state index in [9.17, 15) is 4.79 Å². The number of likely N-dealkylation sites (N-methyl/N-ethyl adjacent to an activating group) is 1. The molecule has 0 atom stereocenters. The van der Waals surface area contributed by atoms with Gasteiger partial charge < -0.3 is 19.7 Å². The third-order valence-corrected chi connectivity index (χ3v) is 4.66. The number of hydrogen-bond donors (Lipinski definition) is 1. The lowest BCUT2D eigenvalue weighted by Gasteiger charge is -2.25. The largest absolute Gasteiger partial charge is 0.453 e. The molecule has 0 unspecified atom stereocenters. The Kier molecular flexibility index (Phi) is 4.56. The van der Waals surface area contributed by atoms with Crippen LogP contribution in [0.4, 0.5) is 5.82 Å². The second kappa shape index (κ2) is 6.92. The molecule has 28 heavy (non-hydrogen) atoms. The van der Waals surface area contributed by atoms with Crippen molar-refractivity contribution in [1.29, 1.82) is 0 Å². The predicted octanol–water partition coefficient (Wildman–Crippen LogP) is 2.11. The van der Waals surface area contributed by atoms with E-state index < -0.39 is 0 Å². The maximum atomic E-state index is 12.4. The highest BCUT2D eigenvalue weighted by Gasteiger charge is 2.25. The molecule has 0 saturated heterocycles. The van der Waals surface area contributed by atoms with Gasteiger partial charge in [-0.15, -0.1) is 0 Å². The van der Waals surface area contributed by atoms with E-state index >= 15 is 0 Å². The molecule has 3 heterocycles. The third kappa shape index (κ3) is 3.72. The van der Waals surface area contributed by atoms with Crippen LogP contribution in [0.15, 0.2) is 12.3 Å². The van der Waals surface area contributed by atoms with E-state index in [1.54, 1.807) is 12.3 Å². The molecule has 0 bridgehead atoms. The number of pyridine rings is 1. The van der Waals surface area contributed by atoms with Gasteiger partial charge in [0, 0.05) is 29.9 Å². The van der Waals surface area contributed by atoms with Crippen molar-refractivity contribution in [2.45, 2.75) is 45.6 Å². The van der Waals surface area contributed by atoms with Gasteiger partial charge in [-0.2, -0.15) is 0 Å². The van der Waals surface area contributed by atoms with Crippen molar-refractivity contribution in [2.75, 3.05) is 25.3 Å². The molecule has 8 nitrogen and oxygen atoms in total. The quantitative estimate of drug-likeness (QED) is 0.865. The summed E-state index contributed by atoms with van der Waals surface area (Å²) in [5.41, 5.74) is 2.51. The molecule has 0 saturated carbocycles. The maximum Gasteiger partial charge on any atom is 0.239 e. The lowest BCUT2D eigenvalue weighted by atomic mass is 10.1. The number of nitrogens with zero attached hydrogens (tertiary/aromatic N) is 4. The van der Waals surface area contributed by atoms with E-state index in [2.05, 4.69) is 10.3 Å². The number of fused-ring (bicyclic) bond motifs is 2. The van der Waals surface area contributed by atoms with Crippen molar-refractivity contribution < 1.29 is 14.3 Å². The van der Waals surface area contributed by atoms with Gasteiger partial charge in [0.1, 0.15) is 11.5 Å². The van der Waals surface area contributed by atoms with Crippen LogP contribution < -0.4 is 19.7 Å². The molecule has 148 valence electrons. The Bertz CT molecular complexity index is 923. The molecular formula is C20H25N5O3. The smallest absolute Gasteiger partial charge is 0.239 e. The van der Waals surface area contributed by atoms with Gasteiger partial charge >= 0.3 is 0 Å². The molecule has 1 N–H and O–H groups in total. The van der Waals surface area contributed by atoms with Crippen LogP contribution in [0.1, 0.15) is 38.4 Å². The molecule has 4 rings (SSSR count). The molecule has 0 radical (unpaired) electrons. The highest BCUT2D eigenvalue weighted by atomic mass is 16.7. The summed E-state index contributed by atoms with van der Waals surface area (Å²) >= 11 is 0. The van der Waals surface area contributed by atoms with Crippen molar-refractivity contribution in [1.82, 2.24) is 20.3 Å². The van der Waals surface area contributed by atoms with E-state index in [1.165, 1.54) is 0 Å². The number of anilines is 1. The van der Waals surface area contributed by atoms with Gasteiger partial charge in [0.25, 0.3) is 0 Å². The third-order valence-electron chi connectivity index (χ3n) is 4.66. The lowest BCUT2D eigenvalue weighted by molar-refractivity contribution is -0.121. The van der Waals surface area contributed by atoms with Crippen LogP contribution >= 0.6 is 0 Å². The van der Waals surface area contributed by atoms with Gasteiger partial charge in [-0.1, -0.05) is 0 Å². The minimum absolute atomic E-state index is 0.0388. The molecule has 2 aliphatic rings. The Morgan fingerprint density at radius 2 is 2.00 bits per heavy atom. The van der Waals surface area contributed by atoms with Gasteiger partial charge in [0.05, 0.1) is 12.7 Å². The van der Waals surface area contributed by atoms with E-state index in [0.29, 0.717) is 23.0 Å². The summed E-state index contributed by atoms with van der Waals surface area (Å²) in [7, 11) is 1.89. The van der Waals surface area contributed by atoms with Crippen LogP contribution in [0.25, 0.3) is 11.5 Å². The standard InChI is InChI=1S/C20H25N5O3/c1-20(2,3)24-17(26)10-25(4)19-12-6-5-7-13(12)22-18(23-19)14-8-15-16(9-21-14)28-11-27-15/h8-9H,5-7,10-11H2,1-4H3,(H,24,26). The lowest BCUT2D eigenvalue weighted by Crippen LogP contribution is -2.45. The SMILES string of the molecule is CN(CC(=O)NC(C)(C)C)c1nc(-c2cc3c(cn2)OCO3)nc2c1CCC2. The van der Waals surface area contributed by atoms with Gasteiger partial charge in [-0.3, -0.25) is 4.79 Å². The van der Waals surface area contributed by atoms with Gasteiger partial charge in [-0.25, -0.2) is 15.0 Å². The highest BCUT2D eigenvalue weighted by molar-refractivity contribution is 5.82. The second-order valence-electron chi connectivity index (χ2n) is 8.23. The molecule has 0 aromatic carbocycles. The van der Waals surface area contributed by atoms with Gasteiger partial charge in [-0.05, 0) is 40.0 Å².